The van der Waals surface area contributed by atoms with Gasteiger partial charge in [0.2, 0.25) is 5.91 Å². The quantitative estimate of drug-likeness (QED) is 0.808. The number of allylic oxidation sites excluding steroid dienone is 2. The van der Waals surface area contributed by atoms with Gasteiger partial charge in [-0.05, 0) is 54.7 Å². The summed E-state index contributed by atoms with van der Waals surface area (Å²) in [5.74, 6) is -1.01. The van der Waals surface area contributed by atoms with Crippen LogP contribution in [0.4, 0.5) is 5.69 Å². The first-order chi connectivity index (χ1) is 12.6. The van der Waals surface area contributed by atoms with Crippen LogP contribution in [-0.2, 0) is 9.59 Å². The zero-order valence-electron chi connectivity index (χ0n) is 13.9. The molecule has 132 valence electrons. The highest BCUT2D eigenvalue weighted by Gasteiger charge is 2.51. The first kappa shape index (κ1) is 16.3. The van der Waals surface area contributed by atoms with Gasteiger partial charge in [0, 0.05) is 18.1 Å². The number of amides is 1. The number of carboxylic acids is 1. The first-order valence-corrected chi connectivity index (χ1v) is 8.52. The molecule has 0 spiro atoms. The number of nitrogens with one attached hydrogen (secondary N) is 1. The van der Waals surface area contributed by atoms with E-state index in [0.29, 0.717) is 17.2 Å². The van der Waals surface area contributed by atoms with E-state index in [0.717, 1.165) is 6.42 Å². The number of aliphatic carboxylic acids is 1. The van der Waals surface area contributed by atoms with Crippen molar-refractivity contribution in [3.63, 3.8) is 0 Å². The van der Waals surface area contributed by atoms with E-state index < -0.39 is 17.8 Å². The van der Waals surface area contributed by atoms with Gasteiger partial charge >= 0.3 is 5.97 Å². The third-order valence-corrected chi connectivity index (χ3v) is 5.05. The van der Waals surface area contributed by atoms with Crippen molar-refractivity contribution in [1.82, 2.24) is 4.98 Å². The van der Waals surface area contributed by atoms with Crippen LogP contribution in [0.25, 0.3) is 0 Å². The molecule has 1 amide bonds. The molecule has 1 fully saturated rings. The van der Waals surface area contributed by atoms with E-state index in [2.05, 4.69) is 10.3 Å². The normalized spacial score (nSPS) is 25.8. The van der Waals surface area contributed by atoms with Gasteiger partial charge in [-0.1, -0.05) is 12.2 Å². The second kappa shape index (κ2) is 6.63. The molecule has 2 N–H and O–H groups in total. The fourth-order valence-corrected chi connectivity index (χ4v) is 3.89. The average molecular weight is 350 g/mol. The van der Waals surface area contributed by atoms with Crippen molar-refractivity contribution in [2.75, 3.05) is 5.32 Å². The number of rotatable bonds is 5. The molecule has 6 heteroatoms. The minimum absolute atomic E-state index is 0.00963. The lowest BCUT2D eigenvalue weighted by atomic mass is 9.82. The van der Waals surface area contributed by atoms with Crippen molar-refractivity contribution >= 4 is 17.6 Å². The van der Waals surface area contributed by atoms with Crippen molar-refractivity contribution in [3.05, 3.63) is 60.9 Å². The summed E-state index contributed by atoms with van der Waals surface area (Å²) in [6.07, 6.45) is 7.94. The van der Waals surface area contributed by atoms with Crippen molar-refractivity contribution in [2.24, 2.45) is 23.7 Å². The summed E-state index contributed by atoms with van der Waals surface area (Å²) in [4.78, 5) is 28.1. The molecule has 26 heavy (non-hydrogen) atoms. The SMILES string of the molecule is O=C(O)C1C2C=CC(C2)C1C(=O)Nc1ccc(Oc2ccncc2)cc1. The van der Waals surface area contributed by atoms with Crippen molar-refractivity contribution < 1.29 is 19.4 Å². The molecule has 2 aromatic rings. The maximum Gasteiger partial charge on any atom is 0.307 e. The number of pyridine rings is 1. The molecular weight excluding hydrogens is 332 g/mol. The van der Waals surface area contributed by atoms with Gasteiger partial charge < -0.3 is 15.2 Å². The van der Waals surface area contributed by atoms with Gasteiger partial charge in [0.05, 0.1) is 11.8 Å². The van der Waals surface area contributed by atoms with Crippen LogP contribution in [-0.4, -0.2) is 22.0 Å². The number of nitrogens with zero attached hydrogens (tertiary/aromatic N) is 1. The van der Waals surface area contributed by atoms with Gasteiger partial charge in [-0.25, -0.2) is 0 Å². The minimum Gasteiger partial charge on any atom is -0.481 e. The topological polar surface area (TPSA) is 88.5 Å². The highest BCUT2D eigenvalue weighted by molar-refractivity contribution is 5.96. The molecule has 2 aliphatic carbocycles. The maximum absolute atomic E-state index is 12.6. The maximum atomic E-state index is 12.6. The predicted molar refractivity (Wildman–Crippen MR) is 94.7 cm³/mol. The number of carboxylic acid groups (broad SMARTS) is 1. The molecular formula is C20H18N2O4. The number of hydrogen-bond donors (Lipinski definition) is 2. The lowest BCUT2D eigenvalue weighted by Crippen LogP contribution is -2.36. The molecule has 2 bridgehead atoms. The molecule has 0 radical (unpaired) electrons. The summed E-state index contributed by atoms with van der Waals surface area (Å²) in [6, 6.07) is 10.5. The van der Waals surface area contributed by atoms with Gasteiger partial charge in [0.15, 0.2) is 0 Å². The van der Waals surface area contributed by atoms with Gasteiger partial charge in [0.25, 0.3) is 0 Å². The summed E-state index contributed by atoms with van der Waals surface area (Å²) in [5.41, 5.74) is 0.618. The van der Waals surface area contributed by atoms with Crippen molar-refractivity contribution in [1.29, 1.82) is 0 Å². The summed E-state index contributed by atoms with van der Waals surface area (Å²) in [6.45, 7) is 0. The molecule has 0 aliphatic heterocycles. The Balaban J connectivity index is 1.43. The zero-order chi connectivity index (χ0) is 18.1. The van der Waals surface area contributed by atoms with Crippen molar-refractivity contribution in [3.8, 4) is 11.5 Å². The number of benzene rings is 1. The lowest BCUT2D eigenvalue weighted by Gasteiger charge is -2.23. The van der Waals surface area contributed by atoms with E-state index in [9.17, 15) is 14.7 Å². The number of anilines is 1. The molecule has 1 heterocycles. The van der Waals surface area contributed by atoms with E-state index >= 15 is 0 Å². The van der Waals surface area contributed by atoms with Gasteiger partial charge in [-0.3, -0.25) is 14.6 Å². The fraction of sp³-hybridized carbons (Fsp3) is 0.250. The van der Waals surface area contributed by atoms with E-state index in [1.165, 1.54) is 0 Å². The summed E-state index contributed by atoms with van der Waals surface area (Å²) in [7, 11) is 0. The molecule has 0 saturated heterocycles. The molecule has 2 aliphatic rings. The Labute approximate surface area is 150 Å². The summed E-state index contributed by atoms with van der Waals surface area (Å²) < 4.78 is 5.69. The van der Waals surface area contributed by atoms with Crippen LogP contribution in [0, 0.1) is 23.7 Å². The van der Waals surface area contributed by atoms with Crippen LogP contribution in [0.2, 0.25) is 0 Å². The van der Waals surface area contributed by atoms with Gasteiger partial charge in [-0.2, -0.15) is 0 Å². The first-order valence-electron chi connectivity index (χ1n) is 8.52. The Morgan fingerprint density at radius 3 is 2.23 bits per heavy atom. The Morgan fingerprint density at radius 1 is 0.962 bits per heavy atom. The smallest absolute Gasteiger partial charge is 0.307 e. The Morgan fingerprint density at radius 2 is 1.58 bits per heavy atom. The Hall–Kier alpha value is -3.15. The molecule has 6 nitrogen and oxygen atoms in total. The van der Waals surface area contributed by atoms with Gasteiger partial charge in [0.1, 0.15) is 11.5 Å². The molecule has 1 aromatic heterocycles. The van der Waals surface area contributed by atoms with Crippen LogP contribution in [0.15, 0.2) is 60.9 Å². The summed E-state index contributed by atoms with van der Waals surface area (Å²) >= 11 is 0. The van der Waals surface area contributed by atoms with Crippen molar-refractivity contribution in [2.45, 2.75) is 6.42 Å². The van der Waals surface area contributed by atoms with Crippen LogP contribution in [0.1, 0.15) is 6.42 Å². The van der Waals surface area contributed by atoms with Crippen LogP contribution in [0.3, 0.4) is 0 Å². The third kappa shape index (κ3) is 3.06. The van der Waals surface area contributed by atoms with Crippen LogP contribution in [0.5, 0.6) is 11.5 Å². The second-order valence-corrected chi connectivity index (χ2v) is 6.64. The summed E-state index contributed by atoms with van der Waals surface area (Å²) in [5, 5.41) is 12.3. The number of carbonyl (C=O) groups is 2. The largest absolute Gasteiger partial charge is 0.481 e. The number of aromatic nitrogens is 1. The molecule has 4 atom stereocenters. The minimum atomic E-state index is -0.900. The lowest BCUT2D eigenvalue weighted by molar-refractivity contribution is -0.146. The number of ether oxygens (including phenoxy) is 1. The Bertz CT molecular complexity index is 848. The van der Waals surface area contributed by atoms with E-state index in [-0.39, 0.29) is 17.7 Å². The van der Waals surface area contributed by atoms with E-state index in [1.807, 2.05) is 12.2 Å². The van der Waals surface area contributed by atoms with E-state index in [1.54, 1.807) is 48.8 Å². The third-order valence-electron chi connectivity index (χ3n) is 5.05. The molecule has 1 saturated carbocycles. The standard InChI is InChI=1S/C20H18N2O4/c23-19(17-12-1-2-13(11-12)18(17)20(24)25)22-14-3-5-15(6-4-14)26-16-7-9-21-10-8-16/h1-10,12-13,17-18H,11H2,(H,22,23)(H,24,25). The Kier molecular flexibility index (Phi) is 4.16. The highest BCUT2D eigenvalue weighted by atomic mass is 16.5. The van der Waals surface area contributed by atoms with E-state index in [4.69, 9.17) is 4.74 Å². The van der Waals surface area contributed by atoms with Crippen LogP contribution < -0.4 is 10.1 Å². The molecule has 4 rings (SSSR count). The number of carbonyl (C=O) groups excluding carboxylic acids is 1. The molecule has 1 aromatic carbocycles. The average Bonchev–Trinajstić information content (AvgIpc) is 3.25. The number of fused-ring (bicyclic) bond motifs is 2. The monoisotopic (exact) mass is 350 g/mol. The van der Waals surface area contributed by atoms with Gasteiger partial charge in [-0.15, -0.1) is 0 Å². The zero-order valence-corrected chi connectivity index (χ0v) is 13.9. The second-order valence-electron chi connectivity index (χ2n) is 6.64. The fourth-order valence-electron chi connectivity index (χ4n) is 3.89. The highest BCUT2D eigenvalue weighted by Crippen LogP contribution is 2.48. The predicted octanol–water partition coefficient (Wildman–Crippen LogP) is 3.34. The van der Waals surface area contributed by atoms with Crippen LogP contribution >= 0.6 is 0 Å². The number of hydrogen-bond acceptors (Lipinski definition) is 4. The molecule has 4 unspecified atom stereocenters.